The van der Waals surface area contributed by atoms with Gasteiger partial charge in [-0.25, -0.2) is 19.0 Å². The zero-order valence-electron chi connectivity index (χ0n) is 32.4. The molecule has 3 saturated heterocycles. The van der Waals surface area contributed by atoms with Crippen LogP contribution in [0.15, 0.2) is 24.4 Å². The van der Waals surface area contributed by atoms with E-state index in [2.05, 4.69) is 30.4 Å². The Bertz CT molecular complexity index is 2090. The van der Waals surface area contributed by atoms with Crippen LogP contribution in [0.25, 0.3) is 32.4 Å². The van der Waals surface area contributed by atoms with E-state index in [0.29, 0.717) is 47.1 Å². The number of pyridine rings is 1. The quantitative estimate of drug-likeness (QED) is 0.203. The number of nitrogens with one attached hydrogen (secondary N) is 2. The fraction of sp³-hybridized carbons (Fsp3) is 0.590. The van der Waals surface area contributed by atoms with Crippen molar-refractivity contribution in [1.82, 2.24) is 35.1 Å². The molecule has 8 rings (SSSR count). The molecule has 55 heavy (non-hydrogen) atoms. The molecule has 2 amide bonds. The maximum absolute atomic E-state index is 17.1. The first-order valence-electron chi connectivity index (χ1n) is 19.2. The molecule has 2 N–H and O–H groups in total. The number of fused-ring (bicyclic) bond motifs is 4. The molecule has 14 nitrogen and oxygen atoms in total. The Morgan fingerprint density at radius 1 is 0.982 bits per heavy atom. The average molecular weight is 776 g/mol. The zero-order chi connectivity index (χ0) is 38.7. The molecule has 4 aromatic rings. The van der Waals surface area contributed by atoms with Gasteiger partial charge < -0.3 is 29.3 Å². The molecule has 0 spiro atoms. The molecule has 2 bridgehead atoms. The summed E-state index contributed by atoms with van der Waals surface area (Å²) in [7, 11) is 0. The SMILES string of the molecule is CC(C)(C)OC(=O)Nc1nc2c(-c3ncc4c(N5CC6CCC(C5)N6C(=O)OC(C)(C)C)nc(OCC5(CN6CCNCC6)CC5)nc4c3F)cccc2s1. The van der Waals surface area contributed by atoms with Crippen molar-refractivity contribution in [2.75, 3.05) is 62.6 Å². The highest BCUT2D eigenvalue weighted by molar-refractivity contribution is 7.22. The van der Waals surface area contributed by atoms with Crippen molar-refractivity contribution in [3.63, 3.8) is 0 Å². The van der Waals surface area contributed by atoms with E-state index in [1.807, 2.05) is 37.8 Å². The maximum Gasteiger partial charge on any atom is 0.413 e. The van der Waals surface area contributed by atoms with Crippen LogP contribution in [0.1, 0.15) is 67.2 Å². The first-order chi connectivity index (χ1) is 26.1. The van der Waals surface area contributed by atoms with Gasteiger partial charge in [0.15, 0.2) is 10.9 Å². The molecular weight excluding hydrogens is 726 g/mol. The highest BCUT2D eigenvalue weighted by Crippen LogP contribution is 2.47. The Morgan fingerprint density at radius 2 is 1.69 bits per heavy atom. The van der Waals surface area contributed by atoms with Crippen molar-refractivity contribution >= 4 is 55.6 Å². The van der Waals surface area contributed by atoms with Gasteiger partial charge in [-0.3, -0.25) is 15.2 Å². The number of carbonyl (C=O) groups is 2. The van der Waals surface area contributed by atoms with Crippen LogP contribution in [0.4, 0.5) is 24.9 Å². The number of para-hydroxylation sites is 1. The van der Waals surface area contributed by atoms with Gasteiger partial charge in [0.1, 0.15) is 28.2 Å². The van der Waals surface area contributed by atoms with Crippen molar-refractivity contribution in [3.05, 3.63) is 30.2 Å². The number of nitrogens with zero attached hydrogens (tertiary/aromatic N) is 7. The fourth-order valence-electron chi connectivity index (χ4n) is 7.87. The molecule has 2 atom stereocenters. The summed E-state index contributed by atoms with van der Waals surface area (Å²) in [5, 5.41) is 6.90. The lowest BCUT2D eigenvalue weighted by Gasteiger charge is -2.42. The van der Waals surface area contributed by atoms with Crippen LogP contribution in [0, 0.1) is 11.2 Å². The summed E-state index contributed by atoms with van der Waals surface area (Å²) in [4.78, 5) is 51.2. The second kappa shape index (κ2) is 14.3. The first-order valence-corrected chi connectivity index (χ1v) is 20.0. The molecule has 1 aliphatic carbocycles. The fourth-order valence-corrected chi connectivity index (χ4v) is 8.75. The third-order valence-corrected chi connectivity index (χ3v) is 11.5. The van der Waals surface area contributed by atoms with Crippen molar-refractivity contribution in [1.29, 1.82) is 0 Å². The summed E-state index contributed by atoms with van der Waals surface area (Å²) < 4.78 is 35.4. The van der Waals surface area contributed by atoms with Gasteiger partial charge in [0.05, 0.1) is 34.3 Å². The number of thiazole rings is 1. The van der Waals surface area contributed by atoms with E-state index in [-0.39, 0.29) is 40.8 Å². The van der Waals surface area contributed by atoms with E-state index in [1.165, 1.54) is 11.3 Å². The van der Waals surface area contributed by atoms with Gasteiger partial charge >= 0.3 is 18.2 Å². The Kier molecular flexibility index (Phi) is 9.73. The van der Waals surface area contributed by atoms with Crippen LogP contribution in [-0.2, 0) is 9.47 Å². The smallest absolute Gasteiger partial charge is 0.413 e. The van der Waals surface area contributed by atoms with Crippen molar-refractivity contribution < 1.29 is 28.2 Å². The zero-order valence-corrected chi connectivity index (χ0v) is 33.2. The van der Waals surface area contributed by atoms with E-state index < -0.39 is 23.1 Å². The van der Waals surface area contributed by atoms with Crippen molar-refractivity contribution in [2.45, 2.75) is 90.5 Å². The lowest BCUT2D eigenvalue weighted by molar-refractivity contribution is 0.0122. The average Bonchev–Trinajstić information content (AvgIpc) is 3.65. The first kappa shape index (κ1) is 37.5. The van der Waals surface area contributed by atoms with Crippen LogP contribution in [0.3, 0.4) is 0 Å². The van der Waals surface area contributed by atoms with Gasteiger partial charge in [0.25, 0.3) is 0 Å². The molecule has 16 heteroatoms. The third-order valence-electron chi connectivity index (χ3n) is 10.5. The summed E-state index contributed by atoms with van der Waals surface area (Å²) in [6.07, 6.45) is 4.46. The van der Waals surface area contributed by atoms with Gasteiger partial charge in [-0.1, -0.05) is 23.5 Å². The van der Waals surface area contributed by atoms with Gasteiger partial charge in [-0.05, 0) is 73.3 Å². The van der Waals surface area contributed by atoms with E-state index >= 15 is 4.39 Å². The second-order valence-corrected chi connectivity index (χ2v) is 18.3. The van der Waals surface area contributed by atoms with Gasteiger partial charge in [0.2, 0.25) is 0 Å². The van der Waals surface area contributed by atoms with E-state index in [0.717, 1.165) is 63.1 Å². The van der Waals surface area contributed by atoms with Gasteiger partial charge in [0, 0.05) is 63.0 Å². The topological polar surface area (TPSA) is 147 Å². The lowest BCUT2D eigenvalue weighted by Crippen LogP contribution is -2.57. The Balaban J connectivity index is 1.13. The number of piperazine rings is 2. The summed E-state index contributed by atoms with van der Waals surface area (Å²) in [6, 6.07) is 5.38. The van der Waals surface area contributed by atoms with Gasteiger partial charge in [-0.15, -0.1) is 0 Å². The summed E-state index contributed by atoms with van der Waals surface area (Å²) >= 11 is 1.26. The van der Waals surface area contributed by atoms with Crippen LogP contribution >= 0.6 is 11.3 Å². The number of ether oxygens (including phenoxy) is 3. The number of anilines is 2. The number of benzene rings is 1. The number of halogens is 1. The normalized spacial score (nSPS) is 21.2. The lowest BCUT2D eigenvalue weighted by atomic mass is 10.1. The standard InChI is InChI=1S/C39H50FN9O5S/c1-37(2,3)53-35(50)46-34-44-29-25(8-7-9-27(29)55-34)30-28(40)31-26(18-42-30)32(48-19-23-10-11-24(20-48)49(23)36(51)54-38(4,5)6)45-33(43-31)52-22-39(12-13-39)21-47-16-14-41-15-17-47/h7-9,18,23-24,41H,10-17,19-22H2,1-6H3,(H,44,46,50). The molecule has 1 saturated carbocycles. The maximum atomic E-state index is 17.1. The number of amides is 2. The molecule has 3 aliphatic heterocycles. The number of hydrogen-bond acceptors (Lipinski definition) is 13. The number of hydrogen-bond donors (Lipinski definition) is 2. The molecule has 0 radical (unpaired) electrons. The van der Waals surface area contributed by atoms with Crippen molar-refractivity contribution in [2.24, 2.45) is 5.41 Å². The molecule has 2 unspecified atom stereocenters. The van der Waals surface area contributed by atoms with Crippen LogP contribution in [0.5, 0.6) is 6.01 Å². The van der Waals surface area contributed by atoms with Crippen molar-refractivity contribution in [3.8, 4) is 17.3 Å². The van der Waals surface area contributed by atoms with Crippen LogP contribution in [-0.4, -0.2) is 118 Å². The summed E-state index contributed by atoms with van der Waals surface area (Å²) in [5.74, 6) is -0.0909. The van der Waals surface area contributed by atoms with E-state index in [9.17, 15) is 9.59 Å². The van der Waals surface area contributed by atoms with E-state index in [4.69, 9.17) is 24.2 Å². The number of rotatable bonds is 8. The van der Waals surface area contributed by atoms with Crippen LogP contribution in [0.2, 0.25) is 0 Å². The number of aromatic nitrogens is 4. The summed E-state index contributed by atoms with van der Waals surface area (Å²) in [5.41, 5.74) is -0.136. The predicted molar refractivity (Wildman–Crippen MR) is 209 cm³/mol. The highest BCUT2D eigenvalue weighted by atomic mass is 32.1. The molecule has 3 aromatic heterocycles. The van der Waals surface area contributed by atoms with Crippen LogP contribution < -0.4 is 20.3 Å². The largest absolute Gasteiger partial charge is 0.463 e. The number of carbonyl (C=O) groups excluding carboxylic acids is 2. The molecule has 4 aliphatic rings. The molecule has 6 heterocycles. The third kappa shape index (κ3) is 8.12. The Labute approximate surface area is 324 Å². The Hall–Kier alpha value is -4.41. The summed E-state index contributed by atoms with van der Waals surface area (Å²) in [6.45, 7) is 17.3. The monoisotopic (exact) mass is 775 g/mol. The molecule has 1 aromatic carbocycles. The Morgan fingerprint density at radius 3 is 2.36 bits per heavy atom. The molecular formula is C39H50FN9O5S. The minimum atomic E-state index is -0.678. The highest BCUT2D eigenvalue weighted by Gasteiger charge is 2.46. The second-order valence-electron chi connectivity index (χ2n) is 17.3. The van der Waals surface area contributed by atoms with E-state index in [1.54, 1.807) is 33.0 Å². The van der Waals surface area contributed by atoms with Gasteiger partial charge in [-0.2, -0.15) is 9.97 Å². The molecule has 294 valence electrons. The minimum absolute atomic E-state index is 0.0151. The minimum Gasteiger partial charge on any atom is -0.463 e. The molecule has 4 fully saturated rings. The predicted octanol–water partition coefficient (Wildman–Crippen LogP) is 6.44.